The second-order valence-electron chi connectivity index (χ2n) is 6.23. The maximum absolute atomic E-state index is 5.83. The monoisotopic (exact) mass is 336 g/mol. The first kappa shape index (κ1) is 15.3. The Balaban J connectivity index is 1.70. The molecule has 0 spiro atoms. The highest BCUT2D eigenvalue weighted by atomic mass is 32.1. The molecular formula is C16H20N2O4S. The van der Waals surface area contributed by atoms with Gasteiger partial charge in [-0.05, 0) is 31.2 Å². The smallest absolute Gasteiger partial charge is 0.261 e. The molecule has 2 aromatic heterocycles. The zero-order chi connectivity index (χ0) is 15.8. The highest BCUT2D eigenvalue weighted by molar-refractivity contribution is 7.10. The van der Waals surface area contributed by atoms with Crippen molar-refractivity contribution in [2.24, 2.45) is 0 Å². The summed E-state index contributed by atoms with van der Waals surface area (Å²) in [6.45, 7) is 4.93. The van der Waals surface area contributed by atoms with Gasteiger partial charge in [-0.1, -0.05) is 11.2 Å². The largest absolute Gasteiger partial charge is 0.381 e. The Morgan fingerprint density at radius 3 is 2.70 bits per heavy atom. The highest BCUT2D eigenvalue weighted by Crippen LogP contribution is 2.42. The van der Waals surface area contributed by atoms with Gasteiger partial charge in [-0.25, -0.2) is 0 Å². The lowest BCUT2D eigenvalue weighted by Gasteiger charge is -2.33. The van der Waals surface area contributed by atoms with Crippen molar-refractivity contribution < 1.29 is 18.7 Å². The van der Waals surface area contributed by atoms with Gasteiger partial charge >= 0.3 is 0 Å². The first-order valence-corrected chi connectivity index (χ1v) is 8.79. The maximum Gasteiger partial charge on any atom is 0.261 e. The van der Waals surface area contributed by atoms with Crippen LogP contribution in [0.15, 0.2) is 22.0 Å². The van der Waals surface area contributed by atoms with E-state index < -0.39 is 5.60 Å². The molecule has 7 heteroatoms. The SMILES string of the molecule is CC1(c2nc(C3(c4cccs4)CCOCC3)no2)COCCO1. The van der Waals surface area contributed by atoms with E-state index in [9.17, 15) is 0 Å². The van der Waals surface area contributed by atoms with E-state index >= 15 is 0 Å². The summed E-state index contributed by atoms with van der Waals surface area (Å²) in [7, 11) is 0. The van der Waals surface area contributed by atoms with Crippen molar-refractivity contribution in [1.29, 1.82) is 0 Å². The lowest BCUT2D eigenvalue weighted by atomic mass is 9.78. The van der Waals surface area contributed by atoms with Crippen molar-refractivity contribution >= 4 is 11.3 Å². The molecule has 0 amide bonds. The summed E-state index contributed by atoms with van der Waals surface area (Å²) >= 11 is 1.73. The van der Waals surface area contributed by atoms with Gasteiger partial charge in [0, 0.05) is 18.1 Å². The molecule has 2 saturated heterocycles. The van der Waals surface area contributed by atoms with Crippen LogP contribution in [-0.4, -0.2) is 43.2 Å². The van der Waals surface area contributed by atoms with Crippen LogP contribution in [-0.2, 0) is 25.2 Å². The normalized spacial score (nSPS) is 27.9. The van der Waals surface area contributed by atoms with Gasteiger partial charge in [0.05, 0.1) is 25.2 Å². The first-order chi connectivity index (χ1) is 11.2. The Hall–Kier alpha value is -1.28. The Kier molecular flexibility index (Phi) is 3.96. The van der Waals surface area contributed by atoms with Crippen molar-refractivity contribution in [3.63, 3.8) is 0 Å². The predicted molar refractivity (Wildman–Crippen MR) is 83.6 cm³/mol. The minimum atomic E-state index is -0.661. The number of hydrogen-bond acceptors (Lipinski definition) is 7. The van der Waals surface area contributed by atoms with E-state index in [0.717, 1.165) is 18.7 Å². The first-order valence-electron chi connectivity index (χ1n) is 7.91. The van der Waals surface area contributed by atoms with Gasteiger partial charge in [0.1, 0.15) is 0 Å². The summed E-state index contributed by atoms with van der Waals surface area (Å²) in [6, 6.07) is 4.21. The molecule has 2 aliphatic rings. The summed E-state index contributed by atoms with van der Waals surface area (Å²) in [6.07, 6.45) is 1.72. The fourth-order valence-electron chi connectivity index (χ4n) is 3.24. The van der Waals surface area contributed by atoms with E-state index in [1.807, 2.05) is 6.92 Å². The molecule has 1 atom stereocenters. The van der Waals surface area contributed by atoms with E-state index in [4.69, 9.17) is 23.7 Å². The third-order valence-electron chi connectivity index (χ3n) is 4.67. The van der Waals surface area contributed by atoms with Crippen molar-refractivity contribution in [3.05, 3.63) is 34.1 Å². The molecule has 4 rings (SSSR count). The number of rotatable bonds is 3. The van der Waals surface area contributed by atoms with Crippen LogP contribution in [0.25, 0.3) is 0 Å². The van der Waals surface area contributed by atoms with Gasteiger partial charge < -0.3 is 18.7 Å². The van der Waals surface area contributed by atoms with Crippen LogP contribution < -0.4 is 0 Å². The van der Waals surface area contributed by atoms with Crippen molar-refractivity contribution in [1.82, 2.24) is 10.1 Å². The lowest BCUT2D eigenvalue weighted by Crippen LogP contribution is -2.39. The number of aromatic nitrogens is 2. The van der Waals surface area contributed by atoms with E-state index in [1.54, 1.807) is 11.3 Å². The van der Waals surface area contributed by atoms with Crippen LogP contribution in [0, 0.1) is 0 Å². The number of ether oxygens (including phenoxy) is 3. The number of hydrogen-bond donors (Lipinski definition) is 0. The Labute approximate surface area is 138 Å². The lowest BCUT2D eigenvalue weighted by molar-refractivity contribution is -0.165. The predicted octanol–water partition coefficient (Wildman–Crippen LogP) is 2.49. The van der Waals surface area contributed by atoms with Crippen LogP contribution in [0.2, 0.25) is 0 Å². The molecule has 6 nitrogen and oxygen atoms in total. The third kappa shape index (κ3) is 2.61. The molecule has 4 heterocycles. The van der Waals surface area contributed by atoms with Gasteiger partial charge in [-0.2, -0.15) is 4.98 Å². The summed E-state index contributed by atoms with van der Waals surface area (Å²) in [4.78, 5) is 5.99. The van der Waals surface area contributed by atoms with Gasteiger partial charge in [-0.3, -0.25) is 0 Å². The summed E-state index contributed by atoms with van der Waals surface area (Å²) in [5.41, 5.74) is -0.884. The second-order valence-corrected chi connectivity index (χ2v) is 7.17. The van der Waals surface area contributed by atoms with E-state index in [1.165, 1.54) is 4.88 Å². The van der Waals surface area contributed by atoms with Gasteiger partial charge in [-0.15, -0.1) is 11.3 Å². The van der Waals surface area contributed by atoms with Gasteiger partial charge in [0.15, 0.2) is 11.4 Å². The van der Waals surface area contributed by atoms with Crippen LogP contribution in [0.4, 0.5) is 0 Å². The minimum Gasteiger partial charge on any atom is -0.381 e. The molecule has 23 heavy (non-hydrogen) atoms. The zero-order valence-electron chi connectivity index (χ0n) is 13.1. The fraction of sp³-hybridized carbons (Fsp3) is 0.625. The highest BCUT2D eigenvalue weighted by Gasteiger charge is 2.44. The van der Waals surface area contributed by atoms with Crippen molar-refractivity contribution in [2.45, 2.75) is 30.8 Å². The maximum atomic E-state index is 5.83. The van der Waals surface area contributed by atoms with Crippen molar-refractivity contribution in [2.75, 3.05) is 33.0 Å². The van der Waals surface area contributed by atoms with Crippen LogP contribution in [0.3, 0.4) is 0 Å². The molecule has 2 aliphatic heterocycles. The molecule has 2 fully saturated rings. The van der Waals surface area contributed by atoms with Crippen LogP contribution >= 0.6 is 11.3 Å². The molecule has 0 aromatic carbocycles. The second kappa shape index (κ2) is 5.98. The quantitative estimate of drug-likeness (QED) is 0.858. The molecule has 0 aliphatic carbocycles. The summed E-state index contributed by atoms with van der Waals surface area (Å²) in [5.74, 6) is 1.23. The third-order valence-corrected chi connectivity index (χ3v) is 5.75. The molecule has 0 radical (unpaired) electrons. The topological polar surface area (TPSA) is 66.6 Å². The fourth-order valence-corrected chi connectivity index (χ4v) is 4.22. The Morgan fingerprint density at radius 1 is 1.13 bits per heavy atom. The van der Waals surface area contributed by atoms with Crippen LogP contribution in [0.1, 0.15) is 36.4 Å². The summed E-state index contributed by atoms with van der Waals surface area (Å²) < 4.78 is 22.5. The molecule has 124 valence electrons. The van der Waals surface area contributed by atoms with E-state index in [-0.39, 0.29) is 5.41 Å². The van der Waals surface area contributed by atoms with Gasteiger partial charge in [0.2, 0.25) is 0 Å². The average molecular weight is 336 g/mol. The minimum absolute atomic E-state index is 0.222. The Morgan fingerprint density at radius 2 is 2.00 bits per heavy atom. The van der Waals surface area contributed by atoms with Crippen LogP contribution in [0.5, 0.6) is 0 Å². The standard InChI is InChI=1S/C16H20N2O4S/c1-15(11-20-8-9-21-15)14-17-13(18-22-14)16(4-6-19-7-5-16)12-3-2-10-23-12/h2-3,10H,4-9,11H2,1H3. The molecular weight excluding hydrogens is 316 g/mol. The average Bonchev–Trinajstić information content (AvgIpc) is 3.29. The van der Waals surface area contributed by atoms with Gasteiger partial charge in [0.25, 0.3) is 5.89 Å². The van der Waals surface area contributed by atoms with E-state index in [0.29, 0.717) is 38.9 Å². The Bertz CT molecular complexity index is 643. The van der Waals surface area contributed by atoms with E-state index in [2.05, 4.69) is 22.7 Å². The molecule has 0 bridgehead atoms. The molecule has 1 unspecified atom stereocenters. The molecule has 0 saturated carbocycles. The number of thiophene rings is 1. The zero-order valence-corrected chi connectivity index (χ0v) is 13.9. The number of nitrogens with zero attached hydrogens (tertiary/aromatic N) is 2. The molecule has 0 N–H and O–H groups in total. The van der Waals surface area contributed by atoms with Crippen molar-refractivity contribution in [3.8, 4) is 0 Å². The molecule has 2 aromatic rings. The summed E-state index contributed by atoms with van der Waals surface area (Å²) in [5, 5.41) is 6.41.